The molecular formula is C22H31FN4O2. The first kappa shape index (κ1) is 21.5. The van der Waals surface area contributed by atoms with Crippen LogP contribution in [0.1, 0.15) is 57.2 Å². The highest BCUT2D eigenvalue weighted by Crippen LogP contribution is 2.31. The second kappa shape index (κ2) is 9.98. The Bertz CT molecular complexity index is 784. The van der Waals surface area contributed by atoms with Gasteiger partial charge in [0, 0.05) is 19.2 Å². The van der Waals surface area contributed by atoms with Gasteiger partial charge in [-0.15, -0.1) is 0 Å². The number of rotatable bonds is 9. The van der Waals surface area contributed by atoms with Gasteiger partial charge in [0.2, 0.25) is 5.91 Å². The van der Waals surface area contributed by atoms with E-state index < -0.39 is 6.10 Å². The summed E-state index contributed by atoms with van der Waals surface area (Å²) in [6.07, 6.45) is 5.51. The normalized spacial score (nSPS) is 15.9. The molecule has 2 aromatic rings. The van der Waals surface area contributed by atoms with Crippen LogP contribution in [-0.2, 0) is 4.79 Å². The van der Waals surface area contributed by atoms with Gasteiger partial charge in [-0.3, -0.25) is 9.69 Å². The van der Waals surface area contributed by atoms with Gasteiger partial charge < -0.3 is 10.4 Å². The Hall–Kier alpha value is -2.25. The molecule has 1 aliphatic rings. The lowest BCUT2D eigenvalue weighted by Crippen LogP contribution is -2.38. The SMILES string of the molecule is CC(C)CN(CC(=O)Nc1ccnn1C1CCCC1)CC(O)c1ccc(F)cc1. The molecule has 0 aliphatic heterocycles. The van der Waals surface area contributed by atoms with Crippen molar-refractivity contribution in [3.63, 3.8) is 0 Å². The van der Waals surface area contributed by atoms with E-state index in [1.165, 1.54) is 25.0 Å². The van der Waals surface area contributed by atoms with Crippen molar-refractivity contribution in [1.82, 2.24) is 14.7 Å². The van der Waals surface area contributed by atoms with Crippen LogP contribution in [0.2, 0.25) is 0 Å². The lowest BCUT2D eigenvalue weighted by atomic mass is 10.1. The van der Waals surface area contributed by atoms with E-state index in [-0.39, 0.29) is 18.3 Å². The van der Waals surface area contributed by atoms with Crippen LogP contribution in [0.3, 0.4) is 0 Å². The molecule has 1 heterocycles. The summed E-state index contributed by atoms with van der Waals surface area (Å²) in [5.41, 5.74) is 0.639. The Morgan fingerprint density at radius 1 is 1.24 bits per heavy atom. The van der Waals surface area contributed by atoms with Gasteiger partial charge >= 0.3 is 0 Å². The second-order valence-corrected chi connectivity index (χ2v) is 8.30. The summed E-state index contributed by atoms with van der Waals surface area (Å²) in [5.74, 6) is 0.604. The molecule has 158 valence electrons. The van der Waals surface area contributed by atoms with Gasteiger partial charge in [-0.25, -0.2) is 9.07 Å². The molecule has 1 aromatic heterocycles. The minimum Gasteiger partial charge on any atom is -0.387 e. The molecule has 2 N–H and O–H groups in total. The molecule has 0 spiro atoms. The maximum absolute atomic E-state index is 13.1. The predicted molar refractivity (Wildman–Crippen MR) is 111 cm³/mol. The van der Waals surface area contributed by atoms with Gasteiger partial charge in [0.05, 0.1) is 24.9 Å². The van der Waals surface area contributed by atoms with Gasteiger partial charge in [-0.05, 0) is 36.5 Å². The van der Waals surface area contributed by atoms with Crippen LogP contribution >= 0.6 is 0 Å². The summed E-state index contributed by atoms with van der Waals surface area (Å²) < 4.78 is 15.1. The quantitative estimate of drug-likeness (QED) is 0.670. The molecule has 0 saturated heterocycles. The Kier molecular flexibility index (Phi) is 7.39. The van der Waals surface area contributed by atoms with Crippen molar-refractivity contribution in [3.8, 4) is 0 Å². The Morgan fingerprint density at radius 2 is 1.93 bits per heavy atom. The van der Waals surface area contributed by atoms with Crippen LogP contribution < -0.4 is 5.32 Å². The topological polar surface area (TPSA) is 70.4 Å². The van der Waals surface area contributed by atoms with E-state index in [1.807, 2.05) is 15.6 Å². The maximum atomic E-state index is 13.1. The molecule has 29 heavy (non-hydrogen) atoms. The van der Waals surface area contributed by atoms with E-state index in [0.717, 1.165) is 18.7 Å². The lowest BCUT2D eigenvalue weighted by Gasteiger charge is -2.26. The van der Waals surface area contributed by atoms with E-state index >= 15 is 0 Å². The van der Waals surface area contributed by atoms with Gasteiger partial charge in [0.15, 0.2) is 0 Å². The summed E-state index contributed by atoms with van der Waals surface area (Å²) >= 11 is 0. The lowest BCUT2D eigenvalue weighted by molar-refractivity contribution is -0.117. The molecule has 1 aromatic carbocycles. The van der Waals surface area contributed by atoms with Crippen LogP contribution in [0.4, 0.5) is 10.2 Å². The fraction of sp³-hybridized carbons (Fsp3) is 0.545. The number of hydrogen-bond donors (Lipinski definition) is 2. The van der Waals surface area contributed by atoms with Crippen molar-refractivity contribution in [2.45, 2.75) is 51.7 Å². The molecule has 6 nitrogen and oxygen atoms in total. The zero-order chi connectivity index (χ0) is 20.8. The van der Waals surface area contributed by atoms with E-state index in [1.54, 1.807) is 18.3 Å². The number of aromatic nitrogens is 2. The molecule has 1 saturated carbocycles. The van der Waals surface area contributed by atoms with Crippen LogP contribution in [0.15, 0.2) is 36.5 Å². The number of aliphatic hydroxyl groups is 1. The van der Waals surface area contributed by atoms with Crippen LogP contribution in [-0.4, -0.2) is 45.3 Å². The maximum Gasteiger partial charge on any atom is 0.239 e. The number of benzene rings is 1. The third-order valence-corrected chi connectivity index (χ3v) is 5.28. The standard InChI is InChI=1S/C22H31FN4O2/c1-16(2)13-26(14-20(28)17-7-9-18(23)10-8-17)15-22(29)25-21-11-12-24-27(21)19-5-3-4-6-19/h7-12,16,19-20,28H,3-6,13-15H2,1-2H3,(H,25,29). The zero-order valence-corrected chi connectivity index (χ0v) is 17.2. The molecule has 1 unspecified atom stereocenters. The first-order chi connectivity index (χ1) is 13.9. The monoisotopic (exact) mass is 402 g/mol. The highest BCUT2D eigenvalue weighted by Gasteiger charge is 2.22. The van der Waals surface area contributed by atoms with Crippen molar-refractivity contribution >= 4 is 11.7 Å². The average molecular weight is 403 g/mol. The smallest absolute Gasteiger partial charge is 0.239 e. The average Bonchev–Trinajstić information content (AvgIpc) is 3.32. The van der Waals surface area contributed by atoms with Crippen molar-refractivity contribution in [1.29, 1.82) is 0 Å². The Labute approximate surface area is 171 Å². The van der Waals surface area contributed by atoms with E-state index in [9.17, 15) is 14.3 Å². The first-order valence-corrected chi connectivity index (χ1v) is 10.4. The van der Waals surface area contributed by atoms with Crippen molar-refractivity contribution in [2.24, 2.45) is 5.92 Å². The minimum absolute atomic E-state index is 0.128. The van der Waals surface area contributed by atoms with Crippen LogP contribution in [0.5, 0.6) is 0 Å². The van der Waals surface area contributed by atoms with Crippen LogP contribution in [0, 0.1) is 11.7 Å². The van der Waals surface area contributed by atoms with Crippen molar-refractivity contribution in [2.75, 3.05) is 25.0 Å². The number of anilines is 1. The second-order valence-electron chi connectivity index (χ2n) is 8.30. The number of carbonyl (C=O) groups is 1. The summed E-state index contributed by atoms with van der Waals surface area (Å²) in [5, 5.41) is 17.9. The molecule has 3 rings (SSSR count). The van der Waals surface area contributed by atoms with Gasteiger partial charge in [-0.1, -0.05) is 38.8 Å². The Balaban J connectivity index is 1.61. The van der Waals surface area contributed by atoms with Gasteiger partial charge in [-0.2, -0.15) is 5.10 Å². The first-order valence-electron chi connectivity index (χ1n) is 10.4. The molecule has 1 fully saturated rings. The zero-order valence-electron chi connectivity index (χ0n) is 17.2. The molecule has 1 atom stereocenters. The third-order valence-electron chi connectivity index (χ3n) is 5.28. The van der Waals surface area contributed by atoms with Crippen molar-refractivity contribution < 1.29 is 14.3 Å². The number of aliphatic hydroxyl groups excluding tert-OH is 1. The fourth-order valence-corrected chi connectivity index (χ4v) is 3.99. The molecular weight excluding hydrogens is 371 g/mol. The predicted octanol–water partition coefficient (Wildman–Crippen LogP) is 3.77. The number of nitrogens with zero attached hydrogens (tertiary/aromatic N) is 3. The summed E-state index contributed by atoms with van der Waals surface area (Å²) in [6, 6.07) is 8.01. The van der Waals surface area contributed by atoms with Crippen molar-refractivity contribution in [3.05, 3.63) is 47.9 Å². The van der Waals surface area contributed by atoms with Gasteiger partial charge in [0.1, 0.15) is 11.6 Å². The van der Waals surface area contributed by atoms with E-state index in [4.69, 9.17) is 0 Å². The molecule has 0 radical (unpaired) electrons. The van der Waals surface area contributed by atoms with E-state index in [0.29, 0.717) is 30.6 Å². The number of amides is 1. The highest BCUT2D eigenvalue weighted by molar-refractivity contribution is 5.91. The number of carbonyl (C=O) groups excluding carboxylic acids is 1. The third kappa shape index (κ3) is 6.11. The van der Waals surface area contributed by atoms with Crippen LogP contribution in [0.25, 0.3) is 0 Å². The van der Waals surface area contributed by atoms with Gasteiger partial charge in [0.25, 0.3) is 0 Å². The number of halogens is 1. The molecule has 0 bridgehead atoms. The highest BCUT2D eigenvalue weighted by atomic mass is 19.1. The number of hydrogen-bond acceptors (Lipinski definition) is 4. The molecule has 1 aliphatic carbocycles. The molecule has 1 amide bonds. The summed E-state index contributed by atoms with van der Waals surface area (Å²) in [7, 11) is 0. The number of nitrogens with one attached hydrogen (secondary N) is 1. The fourth-order valence-electron chi connectivity index (χ4n) is 3.99. The summed E-state index contributed by atoms with van der Waals surface area (Å²) in [6.45, 7) is 5.30. The summed E-state index contributed by atoms with van der Waals surface area (Å²) in [4.78, 5) is 14.6. The minimum atomic E-state index is -0.786. The Morgan fingerprint density at radius 3 is 2.59 bits per heavy atom. The molecule has 7 heteroatoms. The van der Waals surface area contributed by atoms with E-state index in [2.05, 4.69) is 24.3 Å². The largest absolute Gasteiger partial charge is 0.387 e.